The highest BCUT2D eigenvalue weighted by atomic mass is 32.2. The fourth-order valence-electron chi connectivity index (χ4n) is 1.35. The molecule has 0 unspecified atom stereocenters. The molecule has 1 aliphatic rings. The average molecular weight is 203 g/mol. The van der Waals surface area contributed by atoms with Crippen molar-refractivity contribution in [2.24, 2.45) is 0 Å². The molecule has 1 N–H and O–H groups in total. The summed E-state index contributed by atoms with van der Waals surface area (Å²) in [4.78, 5) is 0. The first-order chi connectivity index (χ1) is 6.14. The normalized spacial score (nSPS) is 20.8. The highest BCUT2D eigenvalue weighted by molar-refractivity contribution is 7.94. The summed E-state index contributed by atoms with van der Waals surface area (Å²) in [5, 5.41) is 4.56. The van der Waals surface area contributed by atoms with Crippen molar-refractivity contribution >= 4 is 9.84 Å². The number of unbranched alkanes of at least 4 members (excludes halogenated alkanes) is 1. The summed E-state index contributed by atoms with van der Waals surface area (Å²) in [6.07, 6.45) is 3.86. The summed E-state index contributed by atoms with van der Waals surface area (Å²) in [5.41, 5.74) is 0.889. The van der Waals surface area contributed by atoms with Crippen LogP contribution in [0.5, 0.6) is 0 Å². The Morgan fingerprint density at radius 1 is 1.54 bits per heavy atom. The molecule has 0 bridgehead atoms. The molecule has 1 rings (SSSR count). The second-order valence-electron chi connectivity index (χ2n) is 3.39. The molecule has 0 aliphatic carbocycles. The Balaban J connectivity index is 2.45. The first-order valence-corrected chi connectivity index (χ1v) is 6.53. The SMILES string of the molecule is CCCCNC1=CS(=O)(=O)CCC1. The van der Waals surface area contributed by atoms with Gasteiger partial charge in [0.2, 0.25) is 0 Å². The van der Waals surface area contributed by atoms with Crippen LogP contribution in [0.2, 0.25) is 0 Å². The Hall–Kier alpha value is -0.510. The number of hydrogen-bond acceptors (Lipinski definition) is 3. The Morgan fingerprint density at radius 2 is 2.31 bits per heavy atom. The maximum atomic E-state index is 11.2. The quantitative estimate of drug-likeness (QED) is 0.703. The van der Waals surface area contributed by atoms with Crippen molar-refractivity contribution < 1.29 is 8.42 Å². The Kier molecular flexibility index (Phi) is 3.78. The zero-order chi connectivity index (χ0) is 9.73. The molecule has 4 heteroatoms. The number of allylic oxidation sites excluding steroid dienone is 1. The molecule has 0 radical (unpaired) electrons. The molecular weight excluding hydrogens is 186 g/mol. The third-order valence-electron chi connectivity index (χ3n) is 2.08. The van der Waals surface area contributed by atoms with Gasteiger partial charge >= 0.3 is 0 Å². The molecule has 1 heterocycles. The van der Waals surface area contributed by atoms with Crippen molar-refractivity contribution in [3.05, 3.63) is 11.1 Å². The van der Waals surface area contributed by atoms with Crippen LogP contribution in [0.4, 0.5) is 0 Å². The van der Waals surface area contributed by atoms with Crippen LogP contribution in [0.15, 0.2) is 11.1 Å². The molecule has 0 amide bonds. The molecule has 0 aromatic carbocycles. The van der Waals surface area contributed by atoms with Gasteiger partial charge in [-0.05, 0) is 19.3 Å². The van der Waals surface area contributed by atoms with Crippen molar-refractivity contribution in [3.63, 3.8) is 0 Å². The van der Waals surface area contributed by atoms with E-state index >= 15 is 0 Å². The molecule has 0 spiro atoms. The summed E-state index contributed by atoms with van der Waals surface area (Å²) < 4.78 is 22.4. The van der Waals surface area contributed by atoms with Gasteiger partial charge < -0.3 is 5.32 Å². The van der Waals surface area contributed by atoms with E-state index in [1.807, 2.05) is 0 Å². The molecule has 0 saturated heterocycles. The largest absolute Gasteiger partial charge is 0.388 e. The zero-order valence-electron chi connectivity index (χ0n) is 8.04. The Bertz CT molecular complexity index is 280. The molecule has 0 saturated carbocycles. The molecule has 76 valence electrons. The van der Waals surface area contributed by atoms with E-state index in [1.54, 1.807) is 0 Å². The van der Waals surface area contributed by atoms with Crippen molar-refractivity contribution in [1.82, 2.24) is 5.32 Å². The summed E-state index contributed by atoms with van der Waals surface area (Å²) in [6.45, 7) is 3.01. The summed E-state index contributed by atoms with van der Waals surface area (Å²) in [5.74, 6) is 0.311. The topological polar surface area (TPSA) is 46.2 Å². The fourth-order valence-corrected chi connectivity index (χ4v) is 2.65. The van der Waals surface area contributed by atoms with Crippen LogP contribution in [0.3, 0.4) is 0 Å². The number of hydrogen-bond donors (Lipinski definition) is 1. The minimum atomic E-state index is -2.89. The van der Waals surface area contributed by atoms with E-state index in [0.717, 1.165) is 37.9 Å². The van der Waals surface area contributed by atoms with E-state index in [1.165, 1.54) is 5.41 Å². The maximum absolute atomic E-state index is 11.2. The lowest BCUT2D eigenvalue weighted by molar-refractivity contribution is 0.593. The third-order valence-corrected chi connectivity index (χ3v) is 3.58. The van der Waals surface area contributed by atoms with E-state index in [4.69, 9.17) is 0 Å². The molecule has 3 nitrogen and oxygen atoms in total. The molecular formula is C9H17NO2S. The monoisotopic (exact) mass is 203 g/mol. The van der Waals surface area contributed by atoms with E-state index in [9.17, 15) is 8.42 Å². The molecule has 0 aromatic rings. The molecule has 0 atom stereocenters. The van der Waals surface area contributed by atoms with Gasteiger partial charge in [0.1, 0.15) is 0 Å². The van der Waals surface area contributed by atoms with E-state index < -0.39 is 9.84 Å². The lowest BCUT2D eigenvalue weighted by Gasteiger charge is -2.14. The van der Waals surface area contributed by atoms with Crippen LogP contribution in [0.25, 0.3) is 0 Å². The van der Waals surface area contributed by atoms with E-state index in [2.05, 4.69) is 12.2 Å². The third kappa shape index (κ3) is 3.81. The van der Waals surface area contributed by atoms with E-state index in [-0.39, 0.29) is 0 Å². The van der Waals surface area contributed by atoms with Gasteiger partial charge in [0.05, 0.1) is 5.75 Å². The zero-order valence-corrected chi connectivity index (χ0v) is 8.86. The predicted octanol–water partition coefficient (Wildman–Crippen LogP) is 1.43. The van der Waals surface area contributed by atoms with E-state index in [0.29, 0.717) is 5.75 Å². The van der Waals surface area contributed by atoms with Gasteiger partial charge in [0.15, 0.2) is 9.84 Å². The van der Waals surface area contributed by atoms with Crippen molar-refractivity contribution in [3.8, 4) is 0 Å². The van der Waals surface area contributed by atoms with Gasteiger partial charge in [-0.15, -0.1) is 0 Å². The van der Waals surface area contributed by atoms with Gasteiger partial charge in [-0.25, -0.2) is 8.42 Å². The van der Waals surface area contributed by atoms with Crippen LogP contribution in [0, 0.1) is 0 Å². The first-order valence-electron chi connectivity index (χ1n) is 4.81. The second-order valence-corrected chi connectivity index (χ2v) is 5.36. The lowest BCUT2D eigenvalue weighted by atomic mass is 10.2. The highest BCUT2D eigenvalue weighted by Crippen LogP contribution is 2.13. The average Bonchev–Trinajstić information content (AvgIpc) is 2.03. The maximum Gasteiger partial charge on any atom is 0.173 e. The number of nitrogens with one attached hydrogen (secondary N) is 1. The standard InChI is InChI=1S/C9H17NO2S/c1-2-3-6-10-9-5-4-7-13(11,12)8-9/h8,10H,2-7H2,1H3. The van der Waals surface area contributed by atoms with Crippen molar-refractivity contribution in [2.45, 2.75) is 32.6 Å². The first kappa shape index (κ1) is 10.6. The minimum absolute atomic E-state index is 0.311. The fraction of sp³-hybridized carbons (Fsp3) is 0.778. The number of sulfone groups is 1. The molecule has 13 heavy (non-hydrogen) atoms. The van der Waals surface area contributed by atoms with Gasteiger partial charge in [0, 0.05) is 17.6 Å². The van der Waals surface area contributed by atoms with Crippen LogP contribution < -0.4 is 5.32 Å². The van der Waals surface area contributed by atoms with Crippen LogP contribution >= 0.6 is 0 Å². The predicted molar refractivity (Wildman–Crippen MR) is 54.0 cm³/mol. The lowest BCUT2D eigenvalue weighted by Crippen LogP contribution is -2.20. The van der Waals surface area contributed by atoms with Crippen molar-refractivity contribution in [2.75, 3.05) is 12.3 Å². The Labute approximate surface area is 80.1 Å². The van der Waals surface area contributed by atoms with Crippen molar-refractivity contribution in [1.29, 1.82) is 0 Å². The van der Waals surface area contributed by atoms with Gasteiger partial charge in [-0.1, -0.05) is 13.3 Å². The Morgan fingerprint density at radius 3 is 2.92 bits per heavy atom. The molecule has 0 fully saturated rings. The molecule has 0 aromatic heterocycles. The summed E-state index contributed by atoms with van der Waals surface area (Å²) in [6, 6.07) is 0. The van der Waals surface area contributed by atoms with Crippen LogP contribution in [0.1, 0.15) is 32.6 Å². The summed E-state index contributed by atoms with van der Waals surface area (Å²) in [7, 11) is -2.89. The summed E-state index contributed by atoms with van der Waals surface area (Å²) >= 11 is 0. The van der Waals surface area contributed by atoms with Gasteiger partial charge in [0.25, 0.3) is 0 Å². The highest BCUT2D eigenvalue weighted by Gasteiger charge is 2.14. The van der Waals surface area contributed by atoms with Crippen LogP contribution in [-0.4, -0.2) is 20.7 Å². The minimum Gasteiger partial charge on any atom is -0.388 e. The van der Waals surface area contributed by atoms with Gasteiger partial charge in [-0.2, -0.15) is 0 Å². The smallest absolute Gasteiger partial charge is 0.173 e. The molecule has 1 aliphatic heterocycles. The van der Waals surface area contributed by atoms with Crippen LogP contribution in [-0.2, 0) is 9.84 Å². The van der Waals surface area contributed by atoms with Gasteiger partial charge in [-0.3, -0.25) is 0 Å². The number of rotatable bonds is 4. The second kappa shape index (κ2) is 4.65.